The second kappa shape index (κ2) is 15.8. The molecule has 1 aromatic rings. The van der Waals surface area contributed by atoms with Gasteiger partial charge in [-0.15, -0.1) is 0 Å². The molecule has 0 radical (unpaired) electrons. The molecule has 0 aliphatic carbocycles. The molecule has 0 unspecified atom stereocenters. The van der Waals surface area contributed by atoms with Crippen molar-refractivity contribution in [2.24, 2.45) is 0 Å². The molecule has 0 aromatic heterocycles. The Labute approximate surface area is 132 Å². The van der Waals surface area contributed by atoms with Crippen LogP contribution >= 0.6 is 12.6 Å². The van der Waals surface area contributed by atoms with Gasteiger partial charge in [0.25, 0.3) is 0 Å². The minimum Gasteiger partial charge on any atom is -0.508 e. The molecule has 0 aliphatic rings. The Morgan fingerprint density at radius 1 is 0.955 bits per heavy atom. The molecule has 0 aliphatic heterocycles. The summed E-state index contributed by atoms with van der Waals surface area (Å²) in [5, 5.41) is 8.94. The minimum atomic E-state index is -4.31. The first-order chi connectivity index (χ1) is 10.1. The lowest BCUT2D eigenvalue weighted by Gasteiger charge is -1.94. The van der Waals surface area contributed by atoms with Crippen LogP contribution in [0.1, 0.15) is 20.7 Å². The Bertz CT molecular complexity index is 377. The molecule has 22 heavy (non-hydrogen) atoms. The molecule has 128 valence electrons. The maximum absolute atomic E-state index is 10.2. The van der Waals surface area contributed by atoms with Crippen molar-refractivity contribution in [1.29, 1.82) is 0 Å². The minimum absolute atomic E-state index is 0.0725. The molecule has 0 heterocycles. The van der Waals surface area contributed by atoms with Crippen molar-refractivity contribution in [3.05, 3.63) is 29.3 Å². The third kappa shape index (κ3) is 26.9. The number of hydrogen-bond acceptors (Lipinski definition) is 6. The standard InChI is InChI=1S/C8H6O3.2C2H6O.CHF3S/c9-4-6-1-7(5-10)3-8(11)2-6;2*1-3-2;2-1(3,4)5/h1-5,11H;2*1-2H3;5H. The summed E-state index contributed by atoms with van der Waals surface area (Å²) in [6.07, 6.45) is 1.15. The van der Waals surface area contributed by atoms with E-state index in [2.05, 4.69) is 22.1 Å². The van der Waals surface area contributed by atoms with E-state index in [0.29, 0.717) is 23.7 Å². The van der Waals surface area contributed by atoms with Crippen LogP contribution in [0.4, 0.5) is 13.2 Å². The Hall–Kier alpha value is -1.58. The molecule has 0 bridgehead atoms. The van der Waals surface area contributed by atoms with E-state index in [1.54, 1.807) is 28.4 Å². The van der Waals surface area contributed by atoms with Gasteiger partial charge >= 0.3 is 5.51 Å². The summed E-state index contributed by atoms with van der Waals surface area (Å²) in [5.74, 6) is -0.0725. The summed E-state index contributed by atoms with van der Waals surface area (Å²) >= 11 is 2.12. The van der Waals surface area contributed by atoms with Crippen LogP contribution in [-0.4, -0.2) is 51.6 Å². The number of methoxy groups -OCH3 is 2. The smallest absolute Gasteiger partial charge is 0.438 e. The number of thiol groups is 1. The fourth-order valence-electron chi connectivity index (χ4n) is 0.795. The zero-order valence-electron chi connectivity index (χ0n) is 12.5. The van der Waals surface area contributed by atoms with E-state index >= 15 is 0 Å². The summed E-state index contributed by atoms with van der Waals surface area (Å²) in [4.78, 5) is 20.4. The number of hydrogen-bond donors (Lipinski definition) is 2. The highest BCUT2D eigenvalue weighted by atomic mass is 32.1. The Morgan fingerprint density at radius 3 is 1.36 bits per heavy atom. The lowest BCUT2D eigenvalue weighted by atomic mass is 10.1. The molecule has 0 fully saturated rings. The largest absolute Gasteiger partial charge is 0.508 e. The monoisotopic (exact) mass is 344 g/mol. The molecule has 0 atom stereocenters. The van der Waals surface area contributed by atoms with Crippen molar-refractivity contribution >= 4 is 25.2 Å². The molecule has 9 heteroatoms. The molecule has 0 amide bonds. The summed E-state index contributed by atoms with van der Waals surface area (Å²) in [7, 11) is 6.50. The first-order valence-corrected chi connectivity index (χ1v) is 5.88. The van der Waals surface area contributed by atoms with Crippen LogP contribution in [0, 0.1) is 0 Å². The van der Waals surface area contributed by atoms with Crippen molar-refractivity contribution in [1.82, 2.24) is 0 Å². The summed E-state index contributed by atoms with van der Waals surface area (Å²) < 4.78 is 39.2. The summed E-state index contributed by atoms with van der Waals surface area (Å²) in [6.45, 7) is 0. The molecule has 5 nitrogen and oxygen atoms in total. The van der Waals surface area contributed by atoms with Crippen molar-refractivity contribution in [3.8, 4) is 5.75 Å². The van der Waals surface area contributed by atoms with E-state index in [9.17, 15) is 22.8 Å². The van der Waals surface area contributed by atoms with E-state index in [-0.39, 0.29) is 5.75 Å². The summed E-state index contributed by atoms with van der Waals surface area (Å²) in [5.41, 5.74) is -3.71. The van der Waals surface area contributed by atoms with Gasteiger partial charge in [-0.1, -0.05) is 12.6 Å². The maximum atomic E-state index is 10.2. The number of rotatable bonds is 2. The third-order valence-electron chi connectivity index (χ3n) is 1.23. The van der Waals surface area contributed by atoms with Crippen LogP contribution in [0.25, 0.3) is 0 Å². The van der Waals surface area contributed by atoms with E-state index in [1.807, 2.05) is 0 Å². The number of carbonyl (C=O) groups excluding carboxylic acids is 2. The highest BCUT2D eigenvalue weighted by molar-refractivity contribution is 7.81. The van der Waals surface area contributed by atoms with Crippen LogP contribution in [-0.2, 0) is 9.47 Å². The van der Waals surface area contributed by atoms with Gasteiger partial charge < -0.3 is 14.6 Å². The fourth-order valence-corrected chi connectivity index (χ4v) is 0.795. The first-order valence-electron chi connectivity index (χ1n) is 5.43. The molecule has 1 aromatic carbocycles. The van der Waals surface area contributed by atoms with Crippen molar-refractivity contribution < 1.29 is 37.3 Å². The van der Waals surface area contributed by atoms with Gasteiger partial charge in [0.2, 0.25) is 0 Å². The number of ether oxygens (including phenoxy) is 2. The van der Waals surface area contributed by atoms with Gasteiger partial charge in [-0.2, -0.15) is 13.2 Å². The predicted molar refractivity (Wildman–Crippen MR) is 79.8 cm³/mol. The molecular formula is C13H19F3O5S. The van der Waals surface area contributed by atoms with Crippen LogP contribution < -0.4 is 0 Å². The van der Waals surface area contributed by atoms with Gasteiger partial charge in [0, 0.05) is 39.6 Å². The first kappa shape index (κ1) is 25.4. The van der Waals surface area contributed by atoms with Crippen LogP contribution in [0.5, 0.6) is 5.75 Å². The Kier molecular flexibility index (Phi) is 18.2. The average Bonchev–Trinajstić information content (AvgIpc) is 2.37. The van der Waals surface area contributed by atoms with E-state index in [0.717, 1.165) is 0 Å². The average molecular weight is 344 g/mol. The Balaban J connectivity index is -0.000000275. The normalized spacial score (nSPS) is 8.91. The molecule has 1 rings (SSSR count). The van der Waals surface area contributed by atoms with E-state index in [1.165, 1.54) is 18.2 Å². The summed E-state index contributed by atoms with van der Waals surface area (Å²) in [6, 6.07) is 3.99. The topological polar surface area (TPSA) is 72.8 Å². The lowest BCUT2D eigenvalue weighted by molar-refractivity contribution is -0.0303. The highest BCUT2D eigenvalue weighted by Crippen LogP contribution is 2.17. The number of alkyl halides is 3. The van der Waals surface area contributed by atoms with E-state index in [4.69, 9.17) is 5.11 Å². The molecular weight excluding hydrogens is 325 g/mol. The molecule has 0 spiro atoms. The van der Waals surface area contributed by atoms with Gasteiger partial charge in [0.05, 0.1) is 0 Å². The predicted octanol–water partition coefficient (Wildman–Crippen LogP) is 2.98. The van der Waals surface area contributed by atoms with Crippen molar-refractivity contribution in [2.75, 3.05) is 28.4 Å². The number of carbonyl (C=O) groups is 2. The van der Waals surface area contributed by atoms with E-state index < -0.39 is 5.51 Å². The zero-order valence-corrected chi connectivity index (χ0v) is 13.4. The maximum Gasteiger partial charge on any atom is 0.438 e. The van der Waals surface area contributed by atoms with Crippen molar-refractivity contribution in [2.45, 2.75) is 5.51 Å². The number of phenolic OH excluding ortho intramolecular Hbond substituents is 1. The van der Waals surface area contributed by atoms with Gasteiger partial charge in [-0.05, 0) is 18.2 Å². The molecule has 0 saturated carbocycles. The van der Waals surface area contributed by atoms with Crippen LogP contribution in [0.15, 0.2) is 18.2 Å². The number of aromatic hydroxyl groups is 1. The number of phenols is 1. The quantitative estimate of drug-likeness (QED) is 0.637. The lowest BCUT2D eigenvalue weighted by Crippen LogP contribution is -1.89. The number of aldehydes is 2. The Morgan fingerprint density at radius 2 is 1.18 bits per heavy atom. The van der Waals surface area contributed by atoms with Crippen LogP contribution in [0.3, 0.4) is 0 Å². The third-order valence-corrected chi connectivity index (χ3v) is 1.23. The van der Waals surface area contributed by atoms with Crippen molar-refractivity contribution in [3.63, 3.8) is 0 Å². The van der Waals surface area contributed by atoms with Gasteiger partial charge in [0.1, 0.15) is 18.3 Å². The van der Waals surface area contributed by atoms with Gasteiger partial charge in [-0.3, -0.25) is 9.59 Å². The zero-order chi connectivity index (χ0) is 18.2. The molecule has 1 N–H and O–H groups in total. The SMILES string of the molecule is COC.COC.FC(F)(F)S.O=Cc1cc(O)cc(C=O)c1. The number of benzene rings is 1. The second-order valence-electron chi connectivity index (χ2n) is 3.38. The highest BCUT2D eigenvalue weighted by Gasteiger charge is 2.17. The molecule has 0 saturated heterocycles. The fraction of sp³-hybridized carbons (Fsp3) is 0.385. The second-order valence-corrected chi connectivity index (χ2v) is 3.89. The van der Waals surface area contributed by atoms with Gasteiger partial charge in [0.15, 0.2) is 0 Å². The number of halogens is 3. The van der Waals surface area contributed by atoms with Gasteiger partial charge in [-0.25, -0.2) is 0 Å². The van der Waals surface area contributed by atoms with Crippen LogP contribution in [0.2, 0.25) is 0 Å².